The predicted octanol–water partition coefficient (Wildman–Crippen LogP) is 7.03. The number of aryl methyl sites for hydroxylation is 1. The molecule has 0 spiro atoms. The third kappa shape index (κ3) is 14.3. The summed E-state index contributed by atoms with van der Waals surface area (Å²) in [4.78, 5) is 0. The molecule has 1 fully saturated rings. The van der Waals surface area contributed by atoms with E-state index in [9.17, 15) is 5.11 Å². The molecule has 2 nitrogen and oxygen atoms in total. The molecule has 0 aliphatic heterocycles. The van der Waals surface area contributed by atoms with Crippen LogP contribution in [0.5, 0.6) is 0 Å². The first-order valence-electron chi connectivity index (χ1n) is 11.4. The first kappa shape index (κ1) is 27.6. The SMILES string of the molecule is C=C(C)Cc1cccc(C)c1.CCCCCC[C@H](O)/C=C/C1CCC[C@@H]1C.CO. The van der Waals surface area contributed by atoms with Crippen molar-refractivity contribution in [1.82, 2.24) is 0 Å². The smallest absolute Gasteiger partial charge is 0.0721 e. The fourth-order valence-corrected chi connectivity index (χ4v) is 3.78. The second kappa shape index (κ2) is 17.5. The van der Waals surface area contributed by atoms with Crippen molar-refractivity contribution in [1.29, 1.82) is 0 Å². The van der Waals surface area contributed by atoms with Gasteiger partial charge in [0, 0.05) is 7.11 Å². The molecule has 1 unspecified atom stereocenters. The molecular weight excluding hydrogens is 356 g/mol. The molecule has 2 heteroatoms. The molecule has 29 heavy (non-hydrogen) atoms. The lowest BCUT2D eigenvalue weighted by atomic mass is 9.97. The highest BCUT2D eigenvalue weighted by atomic mass is 16.3. The Hall–Kier alpha value is -1.38. The Morgan fingerprint density at radius 1 is 1.21 bits per heavy atom. The van der Waals surface area contributed by atoms with Gasteiger partial charge in [0.1, 0.15) is 0 Å². The summed E-state index contributed by atoms with van der Waals surface area (Å²) in [6.45, 7) is 12.6. The van der Waals surface area contributed by atoms with Crippen LogP contribution < -0.4 is 0 Å². The van der Waals surface area contributed by atoms with Crippen LogP contribution in [0.3, 0.4) is 0 Å². The van der Waals surface area contributed by atoms with Crippen molar-refractivity contribution >= 4 is 0 Å². The molecule has 1 aromatic carbocycles. The van der Waals surface area contributed by atoms with Crippen molar-refractivity contribution < 1.29 is 10.2 Å². The minimum absolute atomic E-state index is 0.204. The van der Waals surface area contributed by atoms with Crippen LogP contribution in [0.15, 0.2) is 48.6 Å². The van der Waals surface area contributed by atoms with E-state index in [4.69, 9.17) is 5.11 Å². The molecule has 0 bridgehead atoms. The zero-order valence-electron chi connectivity index (χ0n) is 19.7. The molecule has 0 radical (unpaired) electrons. The Labute approximate surface area is 180 Å². The molecule has 1 aliphatic carbocycles. The van der Waals surface area contributed by atoms with E-state index in [-0.39, 0.29) is 6.10 Å². The van der Waals surface area contributed by atoms with Gasteiger partial charge < -0.3 is 10.2 Å². The fourth-order valence-electron chi connectivity index (χ4n) is 3.78. The molecule has 0 amide bonds. The van der Waals surface area contributed by atoms with E-state index < -0.39 is 0 Å². The average Bonchev–Trinajstić information content (AvgIpc) is 3.10. The summed E-state index contributed by atoms with van der Waals surface area (Å²) >= 11 is 0. The van der Waals surface area contributed by atoms with Gasteiger partial charge in [0.2, 0.25) is 0 Å². The third-order valence-electron chi connectivity index (χ3n) is 5.45. The van der Waals surface area contributed by atoms with E-state index in [0.717, 1.165) is 31.8 Å². The monoisotopic (exact) mass is 402 g/mol. The van der Waals surface area contributed by atoms with Crippen LogP contribution in [0.25, 0.3) is 0 Å². The Morgan fingerprint density at radius 2 is 1.93 bits per heavy atom. The van der Waals surface area contributed by atoms with Crippen molar-refractivity contribution in [3.63, 3.8) is 0 Å². The molecule has 1 saturated carbocycles. The fraction of sp³-hybridized carbons (Fsp3) is 0.630. The van der Waals surface area contributed by atoms with Crippen LogP contribution in [-0.2, 0) is 6.42 Å². The van der Waals surface area contributed by atoms with Crippen LogP contribution in [-0.4, -0.2) is 23.4 Å². The molecular formula is C27H46O2. The van der Waals surface area contributed by atoms with Gasteiger partial charge in [-0.15, -0.1) is 0 Å². The van der Waals surface area contributed by atoms with Crippen molar-refractivity contribution in [2.45, 2.75) is 91.6 Å². The summed E-state index contributed by atoms with van der Waals surface area (Å²) in [6, 6.07) is 8.55. The zero-order chi connectivity index (χ0) is 22.1. The quantitative estimate of drug-likeness (QED) is 0.344. The maximum Gasteiger partial charge on any atom is 0.0721 e. The molecule has 1 aliphatic rings. The molecule has 0 heterocycles. The van der Waals surface area contributed by atoms with Crippen molar-refractivity contribution in [3.05, 3.63) is 59.7 Å². The van der Waals surface area contributed by atoms with Crippen molar-refractivity contribution in [3.8, 4) is 0 Å². The highest BCUT2D eigenvalue weighted by molar-refractivity contribution is 5.25. The van der Waals surface area contributed by atoms with Crippen LogP contribution in [0.2, 0.25) is 0 Å². The minimum Gasteiger partial charge on any atom is -0.400 e. The Balaban J connectivity index is 0.000000526. The summed E-state index contributed by atoms with van der Waals surface area (Å²) in [5, 5.41) is 16.8. The largest absolute Gasteiger partial charge is 0.400 e. The van der Waals surface area contributed by atoms with E-state index in [1.165, 1.54) is 61.6 Å². The first-order valence-corrected chi connectivity index (χ1v) is 11.4. The molecule has 166 valence electrons. The summed E-state index contributed by atoms with van der Waals surface area (Å²) in [5.41, 5.74) is 3.90. The molecule has 1 aromatic rings. The van der Waals surface area contributed by atoms with Gasteiger partial charge in [-0.2, -0.15) is 0 Å². The second-order valence-corrected chi connectivity index (χ2v) is 8.50. The van der Waals surface area contributed by atoms with Gasteiger partial charge in [-0.25, -0.2) is 0 Å². The normalized spacial score (nSPS) is 19.1. The standard InChI is InChI=1S/C15H28O.C11H14.CH4O/c1-3-4-5-6-10-15(16)12-11-14-9-7-8-13(14)2;1-9(2)7-11-6-4-5-10(3)8-11;1-2/h11-16H,3-10H2,1-2H3;4-6,8H,1,7H2,2-3H3;2H,1H3/b12-11+;;/t13-,14?,15-;;/m0../s1. The lowest BCUT2D eigenvalue weighted by Gasteiger charge is -2.11. The number of rotatable bonds is 9. The van der Waals surface area contributed by atoms with E-state index in [1.807, 2.05) is 6.08 Å². The number of aliphatic hydroxyl groups is 2. The molecule has 2 rings (SSSR count). The number of benzene rings is 1. The Bertz CT molecular complexity index is 561. The molecule has 0 aromatic heterocycles. The van der Waals surface area contributed by atoms with Crippen LogP contribution >= 0.6 is 0 Å². The van der Waals surface area contributed by atoms with Gasteiger partial charge in [-0.3, -0.25) is 0 Å². The van der Waals surface area contributed by atoms with Crippen molar-refractivity contribution in [2.24, 2.45) is 11.8 Å². The van der Waals surface area contributed by atoms with E-state index >= 15 is 0 Å². The van der Waals surface area contributed by atoms with Crippen LogP contribution in [0, 0.1) is 18.8 Å². The Morgan fingerprint density at radius 3 is 2.48 bits per heavy atom. The van der Waals surface area contributed by atoms with Gasteiger partial charge >= 0.3 is 0 Å². The van der Waals surface area contributed by atoms with Crippen LogP contribution in [0.4, 0.5) is 0 Å². The molecule has 0 saturated heterocycles. The van der Waals surface area contributed by atoms with E-state index in [2.05, 4.69) is 64.6 Å². The van der Waals surface area contributed by atoms with Gasteiger partial charge in [-0.05, 0) is 50.5 Å². The highest BCUT2D eigenvalue weighted by Gasteiger charge is 2.20. The maximum absolute atomic E-state index is 9.81. The number of hydrogen-bond donors (Lipinski definition) is 2. The van der Waals surface area contributed by atoms with Gasteiger partial charge in [-0.1, -0.05) is 107 Å². The van der Waals surface area contributed by atoms with Crippen LogP contribution in [0.1, 0.15) is 83.3 Å². The van der Waals surface area contributed by atoms with Crippen molar-refractivity contribution in [2.75, 3.05) is 7.11 Å². The minimum atomic E-state index is -0.204. The van der Waals surface area contributed by atoms with E-state index in [0.29, 0.717) is 0 Å². The summed E-state index contributed by atoms with van der Waals surface area (Å²) in [6.07, 6.45) is 15.1. The summed E-state index contributed by atoms with van der Waals surface area (Å²) in [5.74, 6) is 1.55. The third-order valence-corrected chi connectivity index (χ3v) is 5.45. The number of unbranched alkanes of at least 4 members (excludes halogenated alkanes) is 3. The summed E-state index contributed by atoms with van der Waals surface area (Å²) in [7, 11) is 1.00. The zero-order valence-corrected chi connectivity index (χ0v) is 19.7. The lowest BCUT2D eigenvalue weighted by Crippen LogP contribution is -2.05. The number of aliphatic hydroxyl groups excluding tert-OH is 2. The maximum atomic E-state index is 9.81. The second-order valence-electron chi connectivity index (χ2n) is 8.50. The Kier molecular flexibility index (Phi) is 16.6. The first-order chi connectivity index (χ1) is 13.9. The van der Waals surface area contributed by atoms with Gasteiger partial charge in [0.25, 0.3) is 0 Å². The highest BCUT2D eigenvalue weighted by Crippen LogP contribution is 2.32. The predicted molar refractivity (Wildman–Crippen MR) is 128 cm³/mol. The molecule has 2 N–H and O–H groups in total. The number of hydrogen-bond acceptors (Lipinski definition) is 2. The summed E-state index contributed by atoms with van der Waals surface area (Å²) < 4.78 is 0. The average molecular weight is 403 g/mol. The van der Waals surface area contributed by atoms with Gasteiger partial charge in [0.05, 0.1) is 6.10 Å². The molecule has 3 atom stereocenters. The van der Waals surface area contributed by atoms with Gasteiger partial charge in [0.15, 0.2) is 0 Å². The lowest BCUT2D eigenvalue weighted by molar-refractivity contribution is 0.207. The topological polar surface area (TPSA) is 40.5 Å². The van der Waals surface area contributed by atoms with E-state index in [1.54, 1.807) is 0 Å². The number of allylic oxidation sites excluding steroid dienone is 2.